The van der Waals surface area contributed by atoms with Gasteiger partial charge >= 0.3 is 5.97 Å². The molecular weight excluding hydrogens is 326 g/mol. The van der Waals surface area contributed by atoms with Gasteiger partial charge in [0.25, 0.3) is 0 Å². The van der Waals surface area contributed by atoms with Gasteiger partial charge < -0.3 is 14.4 Å². The number of morpholine rings is 1. The molecule has 1 saturated heterocycles. The lowest BCUT2D eigenvalue weighted by molar-refractivity contribution is -0.900. The van der Waals surface area contributed by atoms with Crippen LogP contribution in [0.3, 0.4) is 0 Å². The largest absolute Gasteiger partial charge is 0.422 e. The van der Waals surface area contributed by atoms with Gasteiger partial charge in [0.1, 0.15) is 18.8 Å². The number of hydrogen-bond acceptors (Lipinski definition) is 3. The molecule has 4 aromatic carbocycles. The molecule has 0 saturated carbocycles. The molecule has 4 nitrogen and oxygen atoms in total. The summed E-state index contributed by atoms with van der Waals surface area (Å²) in [4.78, 5) is 13.7. The highest BCUT2D eigenvalue weighted by Gasteiger charge is 2.20. The second-order valence-electron chi connectivity index (χ2n) is 6.93. The Morgan fingerprint density at radius 2 is 1.54 bits per heavy atom. The maximum atomic E-state index is 12.5. The molecule has 0 aliphatic carbocycles. The van der Waals surface area contributed by atoms with E-state index in [1.807, 2.05) is 12.1 Å². The van der Waals surface area contributed by atoms with E-state index < -0.39 is 0 Å². The van der Waals surface area contributed by atoms with Gasteiger partial charge in [-0.25, -0.2) is 4.79 Å². The lowest BCUT2D eigenvalue weighted by Crippen LogP contribution is -3.15. The molecule has 0 bridgehead atoms. The fourth-order valence-corrected chi connectivity index (χ4v) is 4.00. The van der Waals surface area contributed by atoms with Crippen molar-refractivity contribution in [1.29, 1.82) is 0 Å². The number of carbonyl (C=O) groups is 1. The van der Waals surface area contributed by atoms with E-state index in [1.165, 1.54) is 31.8 Å². The van der Waals surface area contributed by atoms with Gasteiger partial charge in [-0.3, -0.25) is 0 Å². The van der Waals surface area contributed by atoms with Crippen LogP contribution in [-0.2, 0) is 9.53 Å². The summed E-state index contributed by atoms with van der Waals surface area (Å²) in [6, 6.07) is 18.7. The smallest absolute Gasteiger partial charge is 0.367 e. The quantitative estimate of drug-likeness (QED) is 0.352. The molecule has 1 fully saturated rings. The highest BCUT2D eigenvalue weighted by Crippen LogP contribution is 2.38. The summed E-state index contributed by atoms with van der Waals surface area (Å²) in [5.41, 5.74) is 0. The standard InChI is InChI=1S/C22H19NO3/c24-20(14-23-10-12-25-13-11-23)26-19-9-7-17-5-4-15-2-1-3-16-6-8-18(19)22(17)21(15)16/h1-9H,10-14H2/p+1. The van der Waals surface area contributed by atoms with Crippen LogP contribution in [-0.4, -0.2) is 38.8 Å². The number of rotatable bonds is 3. The first-order chi connectivity index (χ1) is 12.8. The lowest BCUT2D eigenvalue weighted by atomic mass is 9.94. The van der Waals surface area contributed by atoms with E-state index in [-0.39, 0.29) is 5.97 Å². The van der Waals surface area contributed by atoms with Crippen LogP contribution in [0.25, 0.3) is 32.3 Å². The Labute approximate surface area is 151 Å². The summed E-state index contributed by atoms with van der Waals surface area (Å²) >= 11 is 0. The molecule has 1 N–H and O–H groups in total. The number of ether oxygens (including phenoxy) is 2. The maximum Gasteiger partial charge on any atom is 0.367 e. The molecule has 4 heteroatoms. The summed E-state index contributed by atoms with van der Waals surface area (Å²) < 4.78 is 11.1. The van der Waals surface area contributed by atoms with Gasteiger partial charge in [-0.2, -0.15) is 0 Å². The molecule has 0 atom stereocenters. The van der Waals surface area contributed by atoms with E-state index in [4.69, 9.17) is 9.47 Å². The monoisotopic (exact) mass is 346 g/mol. The predicted molar refractivity (Wildman–Crippen MR) is 102 cm³/mol. The van der Waals surface area contributed by atoms with E-state index >= 15 is 0 Å². The van der Waals surface area contributed by atoms with Gasteiger partial charge in [0, 0.05) is 10.8 Å². The van der Waals surface area contributed by atoms with Crippen LogP contribution in [0, 0.1) is 0 Å². The van der Waals surface area contributed by atoms with Gasteiger partial charge in [-0.05, 0) is 33.7 Å². The van der Waals surface area contributed by atoms with Gasteiger partial charge in [0.05, 0.1) is 13.2 Å². The molecule has 0 aromatic heterocycles. The van der Waals surface area contributed by atoms with Crippen molar-refractivity contribution < 1.29 is 19.2 Å². The minimum atomic E-state index is -0.183. The summed E-state index contributed by atoms with van der Waals surface area (Å²) in [5.74, 6) is 0.463. The first-order valence-electron chi connectivity index (χ1n) is 9.08. The first-order valence-corrected chi connectivity index (χ1v) is 9.08. The highest BCUT2D eigenvalue weighted by molar-refractivity contribution is 6.24. The van der Waals surface area contributed by atoms with Crippen LogP contribution >= 0.6 is 0 Å². The average Bonchev–Trinajstić information content (AvgIpc) is 2.68. The Kier molecular flexibility index (Phi) is 3.73. The second-order valence-corrected chi connectivity index (χ2v) is 6.93. The molecule has 1 aliphatic rings. The van der Waals surface area contributed by atoms with Crippen molar-refractivity contribution in [2.45, 2.75) is 0 Å². The Morgan fingerprint density at radius 1 is 0.885 bits per heavy atom. The normalized spacial score (nSPS) is 15.8. The number of hydrogen-bond donors (Lipinski definition) is 1. The van der Waals surface area contributed by atoms with E-state index in [1.54, 1.807) is 0 Å². The first kappa shape index (κ1) is 15.6. The molecule has 5 rings (SSSR count). The molecule has 130 valence electrons. The van der Waals surface area contributed by atoms with Crippen LogP contribution in [0.2, 0.25) is 0 Å². The third-order valence-corrected chi connectivity index (χ3v) is 5.31. The summed E-state index contributed by atoms with van der Waals surface area (Å²) in [7, 11) is 0. The number of esters is 1. The van der Waals surface area contributed by atoms with Gasteiger partial charge in [-0.15, -0.1) is 0 Å². The zero-order chi connectivity index (χ0) is 17.5. The summed E-state index contributed by atoms with van der Waals surface area (Å²) in [5, 5.41) is 6.99. The molecule has 1 aliphatic heterocycles. The molecule has 0 unspecified atom stereocenters. The summed E-state index contributed by atoms with van der Waals surface area (Å²) in [6.45, 7) is 3.51. The number of carbonyl (C=O) groups excluding carboxylic acids is 1. The Balaban J connectivity index is 1.54. The molecule has 26 heavy (non-hydrogen) atoms. The van der Waals surface area contributed by atoms with Crippen molar-refractivity contribution in [2.24, 2.45) is 0 Å². The van der Waals surface area contributed by atoms with Crippen LogP contribution in [0.4, 0.5) is 0 Å². The van der Waals surface area contributed by atoms with Crippen molar-refractivity contribution in [3.05, 3.63) is 54.6 Å². The number of quaternary nitrogens is 1. The topological polar surface area (TPSA) is 40.0 Å². The van der Waals surface area contributed by atoms with Crippen LogP contribution in [0.15, 0.2) is 54.6 Å². The molecular formula is C22H20NO3+. The molecule has 0 spiro atoms. The summed E-state index contributed by atoms with van der Waals surface area (Å²) in [6.07, 6.45) is 0. The highest BCUT2D eigenvalue weighted by atomic mass is 16.5. The van der Waals surface area contributed by atoms with E-state index in [0.29, 0.717) is 25.5 Å². The van der Waals surface area contributed by atoms with Gasteiger partial charge in [-0.1, -0.05) is 42.5 Å². The minimum absolute atomic E-state index is 0.183. The zero-order valence-corrected chi connectivity index (χ0v) is 14.5. The fraction of sp³-hybridized carbons (Fsp3) is 0.227. The molecule has 1 heterocycles. The van der Waals surface area contributed by atoms with Crippen molar-refractivity contribution in [1.82, 2.24) is 0 Å². The van der Waals surface area contributed by atoms with Crippen molar-refractivity contribution in [3.8, 4) is 5.75 Å². The van der Waals surface area contributed by atoms with Gasteiger partial charge in [0.2, 0.25) is 0 Å². The van der Waals surface area contributed by atoms with Crippen molar-refractivity contribution in [2.75, 3.05) is 32.8 Å². The lowest BCUT2D eigenvalue weighted by Gasteiger charge is -2.22. The van der Waals surface area contributed by atoms with Crippen LogP contribution in [0.1, 0.15) is 0 Å². The van der Waals surface area contributed by atoms with Crippen LogP contribution in [0.5, 0.6) is 5.75 Å². The fourth-order valence-electron chi connectivity index (χ4n) is 4.00. The van der Waals surface area contributed by atoms with Gasteiger partial charge in [0.15, 0.2) is 6.54 Å². The zero-order valence-electron chi connectivity index (χ0n) is 14.5. The third-order valence-electron chi connectivity index (χ3n) is 5.31. The SMILES string of the molecule is O=C(C[NH+]1CCOCC1)Oc1ccc2ccc3cccc4ccc1c2c34. The van der Waals surface area contributed by atoms with E-state index in [2.05, 4.69) is 42.5 Å². The Morgan fingerprint density at radius 3 is 2.31 bits per heavy atom. The Bertz CT molecular complexity index is 1080. The van der Waals surface area contributed by atoms with Crippen LogP contribution < -0.4 is 9.64 Å². The Hall–Kier alpha value is -2.69. The van der Waals surface area contributed by atoms with E-state index in [9.17, 15) is 4.79 Å². The molecule has 4 aromatic rings. The second kappa shape index (κ2) is 6.24. The molecule has 0 radical (unpaired) electrons. The van der Waals surface area contributed by atoms with E-state index in [0.717, 1.165) is 18.5 Å². The van der Waals surface area contributed by atoms with Crippen molar-refractivity contribution in [3.63, 3.8) is 0 Å². The predicted octanol–water partition coefficient (Wildman–Crippen LogP) is 2.40. The number of benzene rings is 4. The number of nitrogens with one attached hydrogen (secondary N) is 1. The minimum Gasteiger partial charge on any atom is -0.422 e. The molecule has 0 amide bonds. The third kappa shape index (κ3) is 2.59. The average molecular weight is 346 g/mol. The van der Waals surface area contributed by atoms with Crippen molar-refractivity contribution >= 4 is 38.3 Å². The maximum absolute atomic E-state index is 12.5.